The maximum atomic E-state index is 13.6. The Hall–Kier alpha value is -3.69. The Morgan fingerprint density at radius 3 is 2.07 bits per heavy atom. The van der Waals surface area contributed by atoms with E-state index in [0.29, 0.717) is 24.7 Å². The molecule has 4 aliphatic carbocycles. The predicted octanol–water partition coefficient (Wildman–Crippen LogP) is 5.64. The summed E-state index contributed by atoms with van der Waals surface area (Å²) in [7, 11) is -6.17. The maximum absolute atomic E-state index is 13.6. The van der Waals surface area contributed by atoms with Gasteiger partial charge in [-0.2, -0.15) is 0 Å². The molecule has 2 aromatic carbocycles. The van der Waals surface area contributed by atoms with Gasteiger partial charge in [-0.1, -0.05) is 26.0 Å². The van der Waals surface area contributed by atoms with E-state index in [4.69, 9.17) is 0 Å². The summed E-state index contributed by atoms with van der Waals surface area (Å²) in [6.07, 6.45) is 10.6. The van der Waals surface area contributed by atoms with Crippen LogP contribution in [0.25, 0.3) is 0 Å². The first-order chi connectivity index (χ1) is 27.5. The lowest BCUT2D eigenvalue weighted by molar-refractivity contribution is -0.133. The lowest BCUT2D eigenvalue weighted by Gasteiger charge is -2.35. The number of rotatable bonds is 13. The van der Waals surface area contributed by atoms with Gasteiger partial charge in [0.1, 0.15) is 0 Å². The van der Waals surface area contributed by atoms with Gasteiger partial charge < -0.3 is 20.4 Å². The Bertz CT molecular complexity index is 2170. The molecule has 13 nitrogen and oxygen atoms in total. The van der Waals surface area contributed by atoms with Crippen LogP contribution in [0.3, 0.4) is 0 Å². The fraction of sp³-hybridized carbons (Fsp3) is 0.651. The summed E-state index contributed by atoms with van der Waals surface area (Å²) in [5, 5.41) is 6.06. The number of aryl methyl sites for hydroxylation is 3. The van der Waals surface area contributed by atoms with Crippen molar-refractivity contribution in [3.05, 3.63) is 56.6 Å². The monoisotopic (exact) mass is 838 g/mol. The van der Waals surface area contributed by atoms with E-state index in [-0.39, 0.29) is 54.1 Å². The second kappa shape index (κ2) is 17.1. The molecule has 2 aromatic rings. The van der Waals surface area contributed by atoms with Gasteiger partial charge in [-0.05, 0) is 166 Å². The standard InChI is InChI=1S/C43H62N6O7S2/c1-26(2)41(50)48(5)17-9-19-57(53,54)46-42(51)44-39-35-13-6-12-30(35)21-32-22-33(23-37(32)39)34-16-15-31-20-29-11-7-14-36(29)40(38(31)34)45-43(52)47-58(55,56)25-28-10-8-18-49(24-28)27(3)4/h20-21,26-28,33-34H,6-19,22-25H2,1-5H3,(H2,44,46,51)(H2,45,47,52). The van der Waals surface area contributed by atoms with Crippen LogP contribution in [0.2, 0.25) is 0 Å². The molecule has 3 atom stereocenters. The first-order valence-electron chi connectivity index (χ1n) is 21.4. The lowest BCUT2D eigenvalue weighted by Crippen LogP contribution is -2.44. The van der Waals surface area contributed by atoms with E-state index in [0.717, 1.165) is 111 Å². The predicted molar refractivity (Wildman–Crippen MR) is 227 cm³/mol. The summed E-state index contributed by atoms with van der Waals surface area (Å²) in [6, 6.07) is 3.42. The molecule has 0 aromatic heterocycles. The first-order valence-corrected chi connectivity index (χ1v) is 24.7. The third-order valence-electron chi connectivity index (χ3n) is 13.2. The highest BCUT2D eigenvalue weighted by atomic mass is 32.2. The van der Waals surface area contributed by atoms with E-state index >= 15 is 0 Å². The topological polar surface area (TPSA) is 174 Å². The molecular weight excluding hydrogens is 777 g/mol. The minimum Gasteiger partial charge on any atom is -0.346 e. The maximum Gasteiger partial charge on any atom is 0.332 e. The molecule has 0 spiro atoms. The van der Waals surface area contributed by atoms with Crippen LogP contribution in [0, 0.1) is 17.8 Å². The van der Waals surface area contributed by atoms with E-state index in [1.54, 1.807) is 20.9 Å². The van der Waals surface area contributed by atoms with Crippen LogP contribution < -0.4 is 20.1 Å². The number of anilines is 2. The van der Waals surface area contributed by atoms with Crippen LogP contribution >= 0.6 is 0 Å². The van der Waals surface area contributed by atoms with E-state index < -0.39 is 32.1 Å². The summed E-state index contributed by atoms with van der Waals surface area (Å²) in [4.78, 5) is 43.0. The number of benzene rings is 2. The van der Waals surface area contributed by atoms with Crippen LogP contribution in [-0.4, -0.2) is 88.8 Å². The molecular formula is C43H62N6O7S2. The number of sulfonamides is 2. The van der Waals surface area contributed by atoms with Crippen molar-refractivity contribution in [3.8, 4) is 0 Å². The highest BCUT2D eigenvalue weighted by molar-refractivity contribution is 7.90. The first kappa shape index (κ1) is 42.4. The highest BCUT2D eigenvalue weighted by Crippen LogP contribution is 2.51. The third-order valence-corrected chi connectivity index (χ3v) is 16.0. The Morgan fingerprint density at radius 2 is 1.40 bits per heavy atom. The zero-order valence-corrected chi connectivity index (χ0v) is 36.5. The van der Waals surface area contributed by atoms with Gasteiger partial charge in [0.15, 0.2) is 0 Å². The quantitative estimate of drug-likeness (QED) is 0.201. The number of carbonyl (C=O) groups excluding carboxylic acids is 3. The molecule has 58 heavy (non-hydrogen) atoms. The number of urea groups is 2. The molecule has 4 N–H and O–H groups in total. The molecule has 1 saturated heterocycles. The Balaban J connectivity index is 1.06. The fourth-order valence-corrected chi connectivity index (χ4v) is 12.8. The van der Waals surface area contributed by atoms with Crippen LogP contribution in [0.5, 0.6) is 0 Å². The largest absolute Gasteiger partial charge is 0.346 e. The number of nitrogens with zero attached hydrogens (tertiary/aromatic N) is 2. The molecule has 1 heterocycles. The van der Waals surface area contributed by atoms with Gasteiger partial charge in [-0.3, -0.25) is 4.79 Å². The Labute approximate surface area is 344 Å². The molecule has 7 rings (SSSR count). The number of nitrogens with one attached hydrogen (secondary N) is 4. The summed E-state index contributed by atoms with van der Waals surface area (Å²) >= 11 is 0. The van der Waals surface area contributed by atoms with Crippen molar-refractivity contribution < 1.29 is 31.2 Å². The van der Waals surface area contributed by atoms with Crippen molar-refractivity contribution in [1.82, 2.24) is 19.2 Å². The Morgan fingerprint density at radius 1 is 0.759 bits per heavy atom. The van der Waals surface area contributed by atoms with E-state index in [1.807, 2.05) is 0 Å². The second-order valence-corrected chi connectivity index (χ2v) is 21.7. The molecule has 318 valence electrons. The van der Waals surface area contributed by atoms with Gasteiger partial charge in [0.05, 0.1) is 11.5 Å². The van der Waals surface area contributed by atoms with Gasteiger partial charge in [-0.25, -0.2) is 35.9 Å². The van der Waals surface area contributed by atoms with Crippen LogP contribution in [-0.2, 0) is 69.8 Å². The molecule has 15 heteroatoms. The molecule has 5 aliphatic rings. The summed E-state index contributed by atoms with van der Waals surface area (Å²) in [6.45, 7) is 9.77. The van der Waals surface area contributed by atoms with Gasteiger partial charge in [0, 0.05) is 43.5 Å². The molecule has 0 saturated carbocycles. The van der Waals surface area contributed by atoms with Gasteiger partial charge in [0.2, 0.25) is 26.0 Å². The average molecular weight is 839 g/mol. The van der Waals surface area contributed by atoms with Gasteiger partial charge in [-0.15, -0.1) is 0 Å². The van der Waals surface area contributed by atoms with Gasteiger partial charge >= 0.3 is 12.1 Å². The van der Waals surface area contributed by atoms with Crippen molar-refractivity contribution in [1.29, 1.82) is 0 Å². The van der Waals surface area contributed by atoms with Crippen molar-refractivity contribution in [2.75, 3.05) is 48.8 Å². The van der Waals surface area contributed by atoms with E-state index in [2.05, 4.69) is 51.0 Å². The lowest BCUT2D eigenvalue weighted by atomic mass is 9.83. The van der Waals surface area contributed by atoms with Crippen molar-refractivity contribution in [2.24, 2.45) is 17.8 Å². The highest BCUT2D eigenvalue weighted by Gasteiger charge is 2.40. The zero-order valence-electron chi connectivity index (χ0n) is 34.8. The van der Waals surface area contributed by atoms with Crippen molar-refractivity contribution >= 4 is 49.4 Å². The smallest absolute Gasteiger partial charge is 0.332 e. The van der Waals surface area contributed by atoms with E-state index in [9.17, 15) is 31.2 Å². The number of hydrogen-bond donors (Lipinski definition) is 4. The van der Waals surface area contributed by atoms with Crippen LogP contribution in [0.1, 0.15) is 117 Å². The average Bonchev–Trinajstić information content (AvgIpc) is 3.96. The number of fused-ring (bicyclic) bond motifs is 4. The minimum absolute atomic E-state index is 0.0314. The molecule has 0 bridgehead atoms. The SMILES string of the molecule is CC(C)C(=O)N(C)CCCS(=O)(=O)NC(=O)Nc1c2c(cc3c1CC(C1CCc4cc5c(c(NC(=O)NS(=O)(=O)CC6CCCN(C(C)C)C6)c41)CCC5)C3)CCC2. The summed E-state index contributed by atoms with van der Waals surface area (Å²) in [5.74, 6) is -0.360. The Kier molecular flexibility index (Phi) is 12.5. The molecule has 3 unspecified atom stereocenters. The number of hydrogen-bond acceptors (Lipinski definition) is 8. The molecule has 1 fully saturated rings. The molecule has 1 aliphatic heterocycles. The normalized spacial score (nSPS) is 21.4. The number of piperidine rings is 1. The van der Waals surface area contributed by atoms with Crippen LogP contribution in [0.4, 0.5) is 21.0 Å². The summed E-state index contributed by atoms with van der Waals surface area (Å²) < 4.78 is 57.2. The number of likely N-dealkylation sites (tertiary alicyclic amines) is 1. The fourth-order valence-electron chi connectivity index (χ4n) is 10.6. The van der Waals surface area contributed by atoms with E-state index in [1.165, 1.54) is 21.6 Å². The molecule has 5 amide bonds. The second-order valence-electron chi connectivity index (χ2n) is 18.1. The minimum atomic E-state index is -3.95. The number of amides is 5. The number of carbonyl (C=O) groups is 3. The van der Waals surface area contributed by atoms with Crippen LogP contribution in [0.15, 0.2) is 12.1 Å². The van der Waals surface area contributed by atoms with Crippen molar-refractivity contribution in [3.63, 3.8) is 0 Å². The summed E-state index contributed by atoms with van der Waals surface area (Å²) in [5.41, 5.74) is 10.6. The molecule has 0 radical (unpaired) electrons. The van der Waals surface area contributed by atoms with Gasteiger partial charge in [0.25, 0.3) is 0 Å². The zero-order chi connectivity index (χ0) is 41.5. The third kappa shape index (κ3) is 9.36. The van der Waals surface area contributed by atoms with Crippen molar-refractivity contribution in [2.45, 2.75) is 123 Å².